The molecular formula is C22H17Cl2N3O2S. The van der Waals surface area contributed by atoms with Crippen molar-refractivity contribution in [2.24, 2.45) is 5.10 Å². The van der Waals surface area contributed by atoms with Crippen LogP contribution >= 0.6 is 35.0 Å². The van der Waals surface area contributed by atoms with E-state index in [9.17, 15) is 9.90 Å². The number of phenolic OH excluding ortho intramolecular Hbond substituents is 1. The topological polar surface area (TPSA) is 73.7 Å². The highest BCUT2D eigenvalue weighted by molar-refractivity contribution is 7.99. The van der Waals surface area contributed by atoms with Crippen molar-refractivity contribution in [3.63, 3.8) is 0 Å². The first-order chi connectivity index (χ1) is 14.4. The molecule has 0 aromatic heterocycles. The molecule has 0 atom stereocenters. The number of aromatic hydroxyl groups is 1. The molecule has 0 radical (unpaired) electrons. The molecule has 3 N–H and O–H groups in total. The van der Waals surface area contributed by atoms with Gasteiger partial charge in [-0.05, 0) is 42.8 Å². The summed E-state index contributed by atoms with van der Waals surface area (Å²) in [6, 6.07) is 17.1. The number of anilines is 2. The SMILES string of the molecule is C/C(=N\NC(=O)Cc1cccc2c1Nc1ccccc1S2)c1cc(Cl)c(O)c(Cl)c1. The minimum absolute atomic E-state index is 0.123. The van der Waals surface area contributed by atoms with Crippen molar-refractivity contribution < 1.29 is 9.90 Å². The zero-order valence-corrected chi connectivity index (χ0v) is 18.2. The maximum Gasteiger partial charge on any atom is 0.244 e. The third-order valence-electron chi connectivity index (χ3n) is 4.61. The summed E-state index contributed by atoms with van der Waals surface area (Å²) in [4.78, 5) is 14.7. The second kappa shape index (κ2) is 8.60. The van der Waals surface area contributed by atoms with Crippen LogP contribution in [0.3, 0.4) is 0 Å². The average Bonchev–Trinajstić information content (AvgIpc) is 2.74. The molecule has 1 aliphatic heterocycles. The van der Waals surface area contributed by atoms with Crippen molar-refractivity contribution in [3.8, 4) is 5.75 Å². The van der Waals surface area contributed by atoms with Crippen molar-refractivity contribution in [2.75, 3.05) is 5.32 Å². The van der Waals surface area contributed by atoms with Crippen LogP contribution in [-0.2, 0) is 11.2 Å². The van der Waals surface area contributed by atoms with Gasteiger partial charge in [0.1, 0.15) is 0 Å². The van der Waals surface area contributed by atoms with E-state index < -0.39 is 0 Å². The standard InChI is InChI=1S/C22H17Cl2N3O2S/c1-12(14-9-15(23)22(29)16(24)10-14)26-27-20(28)11-13-5-4-8-19-21(13)25-17-6-2-3-7-18(17)30-19/h2-10,25,29H,11H2,1H3,(H,27,28)/b26-12+. The molecule has 5 nitrogen and oxygen atoms in total. The summed E-state index contributed by atoms with van der Waals surface area (Å²) in [7, 11) is 0. The monoisotopic (exact) mass is 457 g/mol. The molecule has 4 rings (SSSR count). The lowest BCUT2D eigenvalue weighted by molar-refractivity contribution is -0.120. The van der Waals surface area contributed by atoms with Gasteiger partial charge in [0.15, 0.2) is 5.75 Å². The Bertz CT molecular complexity index is 1160. The first-order valence-electron chi connectivity index (χ1n) is 9.09. The highest BCUT2D eigenvalue weighted by Crippen LogP contribution is 2.45. The predicted octanol–water partition coefficient (Wildman–Crippen LogP) is 5.99. The van der Waals surface area contributed by atoms with Gasteiger partial charge in [0, 0.05) is 15.4 Å². The molecule has 0 unspecified atom stereocenters. The van der Waals surface area contributed by atoms with E-state index in [-0.39, 0.29) is 28.1 Å². The summed E-state index contributed by atoms with van der Waals surface area (Å²) >= 11 is 13.6. The molecule has 152 valence electrons. The number of fused-ring (bicyclic) bond motifs is 2. The fourth-order valence-corrected chi connectivity index (χ4v) is 4.59. The number of phenols is 1. The maximum absolute atomic E-state index is 12.5. The molecular weight excluding hydrogens is 441 g/mol. The number of halogens is 2. The third kappa shape index (κ3) is 4.26. The van der Waals surface area contributed by atoms with Crippen LogP contribution in [0.25, 0.3) is 0 Å². The third-order valence-corrected chi connectivity index (χ3v) is 6.33. The molecule has 0 fully saturated rings. The van der Waals surface area contributed by atoms with E-state index >= 15 is 0 Å². The fraction of sp³-hybridized carbons (Fsp3) is 0.0909. The Morgan fingerprint density at radius 1 is 1.10 bits per heavy atom. The van der Waals surface area contributed by atoms with Gasteiger partial charge >= 0.3 is 0 Å². The summed E-state index contributed by atoms with van der Waals surface area (Å²) in [6.45, 7) is 1.72. The van der Waals surface area contributed by atoms with Crippen LogP contribution in [0.1, 0.15) is 18.1 Å². The minimum atomic E-state index is -0.246. The number of benzene rings is 3. The van der Waals surface area contributed by atoms with Gasteiger partial charge in [0.2, 0.25) is 5.91 Å². The van der Waals surface area contributed by atoms with E-state index in [1.807, 2.05) is 36.4 Å². The van der Waals surface area contributed by atoms with Crippen LogP contribution in [0.15, 0.2) is 69.5 Å². The molecule has 0 aliphatic carbocycles. The van der Waals surface area contributed by atoms with Crippen LogP contribution in [0.4, 0.5) is 11.4 Å². The van der Waals surface area contributed by atoms with Crippen LogP contribution in [0, 0.1) is 0 Å². The normalized spacial score (nSPS) is 12.6. The Hall–Kier alpha value is -2.67. The first kappa shape index (κ1) is 20.6. The predicted molar refractivity (Wildman–Crippen MR) is 122 cm³/mol. The van der Waals surface area contributed by atoms with Crippen molar-refractivity contribution in [1.29, 1.82) is 0 Å². The number of carbonyl (C=O) groups excluding carboxylic acids is 1. The van der Waals surface area contributed by atoms with E-state index in [0.717, 1.165) is 26.7 Å². The van der Waals surface area contributed by atoms with Crippen molar-refractivity contribution in [1.82, 2.24) is 5.43 Å². The quantitative estimate of drug-likeness (QED) is 0.260. The van der Waals surface area contributed by atoms with Gasteiger partial charge < -0.3 is 10.4 Å². The van der Waals surface area contributed by atoms with Crippen molar-refractivity contribution >= 4 is 58.0 Å². The molecule has 0 spiro atoms. The maximum atomic E-state index is 12.5. The van der Waals surface area contributed by atoms with Crippen LogP contribution < -0.4 is 10.7 Å². The Morgan fingerprint density at radius 2 is 1.80 bits per heavy atom. The van der Waals surface area contributed by atoms with Gasteiger partial charge in [-0.25, -0.2) is 5.43 Å². The summed E-state index contributed by atoms with van der Waals surface area (Å²) < 4.78 is 0. The summed E-state index contributed by atoms with van der Waals surface area (Å²) in [6.07, 6.45) is 0.173. The van der Waals surface area contributed by atoms with E-state index in [2.05, 4.69) is 21.9 Å². The second-order valence-corrected chi connectivity index (χ2v) is 8.61. The molecule has 0 bridgehead atoms. The lowest BCUT2D eigenvalue weighted by Crippen LogP contribution is -2.22. The smallest absolute Gasteiger partial charge is 0.244 e. The van der Waals surface area contributed by atoms with E-state index in [1.54, 1.807) is 30.8 Å². The summed E-state index contributed by atoms with van der Waals surface area (Å²) in [5, 5.41) is 17.5. The zero-order chi connectivity index (χ0) is 21.3. The number of nitrogens with zero attached hydrogens (tertiary/aromatic N) is 1. The Labute approximate surface area is 188 Å². The largest absolute Gasteiger partial charge is 0.505 e. The average molecular weight is 458 g/mol. The molecule has 3 aromatic carbocycles. The molecule has 0 saturated heterocycles. The van der Waals surface area contributed by atoms with Crippen molar-refractivity contribution in [3.05, 3.63) is 75.8 Å². The number of nitrogens with one attached hydrogen (secondary N) is 2. The number of para-hydroxylation sites is 2. The minimum Gasteiger partial charge on any atom is -0.505 e. The number of hydrazone groups is 1. The molecule has 0 saturated carbocycles. The molecule has 1 heterocycles. The Morgan fingerprint density at radius 3 is 2.57 bits per heavy atom. The highest BCUT2D eigenvalue weighted by atomic mass is 35.5. The molecule has 1 amide bonds. The summed E-state index contributed by atoms with van der Waals surface area (Å²) in [5.74, 6) is -0.427. The number of carbonyl (C=O) groups is 1. The number of hydrogen-bond acceptors (Lipinski definition) is 5. The van der Waals surface area contributed by atoms with Gasteiger partial charge in [-0.3, -0.25) is 4.79 Å². The lowest BCUT2D eigenvalue weighted by Gasteiger charge is -2.23. The molecule has 1 aliphatic rings. The van der Waals surface area contributed by atoms with Crippen LogP contribution in [0.5, 0.6) is 5.75 Å². The Balaban J connectivity index is 1.49. The molecule has 30 heavy (non-hydrogen) atoms. The van der Waals surface area contributed by atoms with Crippen LogP contribution in [-0.4, -0.2) is 16.7 Å². The van der Waals surface area contributed by atoms with Gasteiger partial charge in [0.05, 0.1) is 33.6 Å². The van der Waals surface area contributed by atoms with Gasteiger partial charge in [-0.1, -0.05) is 59.2 Å². The van der Waals surface area contributed by atoms with Crippen molar-refractivity contribution in [2.45, 2.75) is 23.1 Å². The van der Waals surface area contributed by atoms with Gasteiger partial charge in [0.25, 0.3) is 0 Å². The number of amides is 1. The van der Waals surface area contributed by atoms with E-state index in [0.29, 0.717) is 11.3 Å². The highest BCUT2D eigenvalue weighted by Gasteiger charge is 2.19. The van der Waals surface area contributed by atoms with Gasteiger partial charge in [-0.15, -0.1) is 0 Å². The number of hydrogen-bond donors (Lipinski definition) is 3. The zero-order valence-electron chi connectivity index (χ0n) is 15.9. The van der Waals surface area contributed by atoms with Crippen LogP contribution in [0.2, 0.25) is 10.0 Å². The lowest BCUT2D eigenvalue weighted by atomic mass is 10.1. The van der Waals surface area contributed by atoms with E-state index in [1.165, 1.54) is 0 Å². The number of rotatable bonds is 4. The first-order valence-corrected chi connectivity index (χ1v) is 10.7. The van der Waals surface area contributed by atoms with E-state index in [4.69, 9.17) is 23.2 Å². The van der Waals surface area contributed by atoms with Gasteiger partial charge in [-0.2, -0.15) is 5.10 Å². The fourth-order valence-electron chi connectivity index (χ4n) is 3.06. The second-order valence-electron chi connectivity index (χ2n) is 6.71. The molecule has 3 aromatic rings. The molecule has 8 heteroatoms. The Kier molecular flexibility index (Phi) is 5.90. The summed E-state index contributed by atoms with van der Waals surface area (Å²) in [5.41, 5.74) is 6.55.